The number of rotatable bonds is 1. The summed E-state index contributed by atoms with van der Waals surface area (Å²) in [6.07, 6.45) is 0. The summed E-state index contributed by atoms with van der Waals surface area (Å²) in [7, 11) is 0. The molecule has 2 heterocycles. The molecule has 1 unspecified atom stereocenters. The Morgan fingerprint density at radius 3 is 2.69 bits per heavy atom. The van der Waals surface area contributed by atoms with E-state index in [-0.39, 0.29) is 16.7 Å². The van der Waals surface area contributed by atoms with Gasteiger partial charge in [0.25, 0.3) is 5.91 Å². The Hall–Kier alpha value is -0.750. The van der Waals surface area contributed by atoms with Crippen LogP contribution in [0.3, 0.4) is 0 Å². The van der Waals surface area contributed by atoms with Crippen LogP contribution < -0.4 is 11.1 Å². The molecule has 13 heavy (non-hydrogen) atoms. The number of hydrogen-bond donors (Lipinski definition) is 2. The summed E-state index contributed by atoms with van der Waals surface area (Å²) < 4.78 is 0. The van der Waals surface area contributed by atoms with Gasteiger partial charge < -0.3 is 11.1 Å². The molecule has 2 aliphatic rings. The highest BCUT2D eigenvalue weighted by Crippen LogP contribution is 2.18. The van der Waals surface area contributed by atoms with Crippen molar-refractivity contribution >= 4 is 33.5 Å². The van der Waals surface area contributed by atoms with Crippen LogP contribution in [0.5, 0.6) is 0 Å². The number of hydrogen-bond acceptors (Lipinski definition) is 4. The van der Waals surface area contributed by atoms with Crippen molar-refractivity contribution in [2.24, 2.45) is 21.6 Å². The highest BCUT2D eigenvalue weighted by molar-refractivity contribution is 9.10. The van der Waals surface area contributed by atoms with Gasteiger partial charge >= 0.3 is 0 Å². The molecule has 0 saturated carbocycles. The topological polar surface area (TPSA) is 79.8 Å². The van der Waals surface area contributed by atoms with E-state index < -0.39 is 0 Å². The maximum Gasteiger partial charge on any atom is 0.268 e. The number of aliphatic imine (C=N–C) groups is 2. The summed E-state index contributed by atoms with van der Waals surface area (Å²) in [6.45, 7) is 1.73. The van der Waals surface area contributed by atoms with E-state index in [0.717, 1.165) is 18.8 Å². The number of amides is 1. The van der Waals surface area contributed by atoms with Gasteiger partial charge in [0.1, 0.15) is 4.83 Å². The minimum Gasteiger partial charge on any atom is -0.368 e. The largest absolute Gasteiger partial charge is 0.368 e. The summed E-state index contributed by atoms with van der Waals surface area (Å²) in [4.78, 5) is 18.5. The molecule has 70 valence electrons. The molecule has 1 amide bonds. The van der Waals surface area contributed by atoms with Crippen molar-refractivity contribution in [3.63, 3.8) is 0 Å². The van der Waals surface area contributed by atoms with E-state index in [9.17, 15) is 4.79 Å². The molecule has 3 N–H and O–H groups in total. The lowest BCUT2D eigenvalue weighted by Crippen LogP contribution is -2.51. The predicted octanol–water partition coefficient (Wildman–Crippen LogP) is -0.735. The Morgan fingerprint density at radius 1 is 1.46 bits per heavy atom. The molecule has 0 aliphatic carbocycles. The van der Waals surface area contributed by atoms with Crippen LogP contribution in [0.4, 0.5) is 0 Å². The molecule has 2 rings (SSSR count). The molecule has 6 heteroatoms. The van der Waals surface area contributed by atoms with Crippen LogP contribution >= 0.6 is 15.9 Å². The fourth-order valence-corrected chi connectivity index (χ4v) is 1.88. The lowest BCUT2D eigenvalue weighted by molar-refractivity contribution is -0.116. The van der Waals surface area contributed by atoms with Crippen LogP contribution in [0.15, 0.2) is 9.98 Å². The van der Waals surface area contributed by atoms with Crippen molar-refractivity contribution in [1.29, 1.82) is 0 Å². The van der Waals surface area contributed by atoms with Crippen molar-refractivity contribution in [2.75, 3.05) is 13.1 Å². The Labute approximate surface area is 83.6 Å². The van der Waals surface area contributed by atoms with Crippen LogP contribution in [0, 0.1) is 5.92 Å². The first-order valence-corrected chi connectivity index (χ1v) is 4.91. The van der Waals surface area contributed by atoms with E-state index >= 15 is 0 Å². The zero-order chi connectivity index (χ0) is 9.42. The molecule has 0 aromatic rings. The van der Waals surface area contributed by atoms with Crippen LogP contribution in [0.25, 0.3) is 0 Å². The first-order chi connectivity index (χ1) is 6.18. The quantitative estimate of drug-likeness (QED) is 0.597. The van der Waals surface area contributed by atoms with Gasteiger partial charge in [0.05, 0.1) is 5.71 Å². The fourth-order valence-electron chi connectivity index (χ4n) is 1.31. The second-order valence-corrected chi connectivity index (χ2v) is 3.98. The summed E-state index contributed by atoms with van der Waals surface area (Å²) in [5.74, 6) is 0.138. The number of nitrogens with two attached hydrogens (primary N) is 1. The maximum absolute atomic E-state index is 11.2. The number of alkyl halides is 1. The van der Waals surface area contributed by atoms with Gasteiger partial charge in [0.15, 0.2) is 0 Å². The monoisotopic (exact) mass is 244 g/mol. The third kappa shape index (κ3) is 1.51. The Balaban J connectivity index is 2.24. The molecular formula is C7H9BrN4O. The number of carbonyl (C=O) groups is 1. The number of nitrogens with zero attached hydrogens (tertiary/aromatic N) is 2. The molecule has 1 atom stereocenters. The van der Waals surface area contributed by atoms with Gasteiger partial charge in [-0.3, -0.25) is 4.79 Å². The molecule has 0 aromatic heterocycles. The Kier molecular flexibility index (Phi) is 2.17. The Morgan fingerprint density at radius 2 is 2.15 bits per heavy atom. The second kappa shape index (κ2) is 3.19. The van der Waals surface area contributed by atoms with Crippen LogP contribution in [0.2, 0.25) is 0 Å². The summed E-state index contributed by atoms with van der Waals surface area (Å²) in [5.41, 5.74) is 6.20. The first kappa shape index (κ1) is 8.83. The minimum atomic E-state index is -0.383. The molecule has 0 radical (unpaired) electrons. The van der Waals surface area contributed by atoms with Gasteiger partial charge in [-0.2, -0.15) is 4.99 Å². The maximum atomic E-state index is 11.2. The van der Waals surface area contributed by atoms with Crippen LogP contribution in [-0.4, -0.2) is 35.5 Å². The van der Waals surface area contributed by atoms with Crippen LogP contribution in [0.1, 0.15) is 0 Å². The number of nitrogens with one attached hydrogen (secondary N) is 1. The molecule has 0 spiro atoms. The average Bonchev–Trinajstić information content (AvgIpc) is 1.95. The molecule has 5 nitrogen and oxygen atoms in total. The van der Waals surface area contributed by atoms with Gasteiger partial charge in [0, 0.05) is 19.0 Å². The molecular weight excluding hydrogens is 236 g/mol. The zero-order valence-electron chi connectivity index (χ0n) is 6.83. The van der Waals surface area contributed by atoms with Gasteiger partial charge in [0.2, 0.25) is 5.96 Å². The van der Waals surface area contributed by atoms with Crippen molar-refractivity contribution in [3.05, 3.63) is 0 Å². The van der Waals surface area contributed by atoms with E-state index in [1.165, 1.54) is 0 Å². The minimum absolute atomic E-state index is 0.0719. The van der Waals surface area contributed by atoms with Gasteiger partial charge in [-0.15, -0.1) is 0 Å². The third-order valence-corrected chi connectivity index (χ3v) is 3.01. The van der Waals surface area contributed by atoms with Crippen molar-refractivity contribution in [3.8, 4) is 0 Å². The molecule has 1 saturated heterocycles. The lowest BCUT2D eigenvalue weighted by atomic mass is 9.94. The first-order valence-electron chi connectivity index (χ1n) is 4.00. The standard InChI is InChI=1S/C7H9BrN4O/c8-4-5(3-1-10-2-3)11-7(9)12-6(4)13/h3-4,10H,1-2H2,(H2,9,12,13). The molecule has 0 bridgehead atoms. The normalized spacial score (nSPS) is 29.3. The van der Waals surface area contributed by atoms with E-state index in [2.05, 4.69) is 31.2 Å². The van der Waals surface area contributed by atoms with Gasteiger partial charge in [-0.25, -0.2) is 4.99 Å². The number of carbonyl (C=O) groups excluding carboxylic acids is 1. The number of halogens is 1. The SMILES string of the molecule is NC1=NC(=O)C(Br)C(C2CNC2)=N1. The van der Waals surface area contributed by atoms with E-state index in [1.807, 2.05) is 0 Å². The smallest absolute Gasteiger partial charge is 0.268 e. The summed E-state index contributed by atoms with van der Waals surface area (Å²) in [6, 6.07) is 0. The van der Waals surface area contributed by atoms with E-state index in [0.29, 0.717) is 5.92 Å². The third-order valence-electron chi connectivity index (χ3n) is 2.14. The summed E-state index contributed by atoms with van der Waals surface area (Å²) in [5, 5.41) is 3.12. The van der Waals surface area contributed by atoms with E-state index in [1.54, 1.807) is 0 Å². The van der Waals surface area contributed by atoms with Crippen molar-refractivity contribution in [1.82, 2.24) is 5.32 Å². The average molecular weight is 245 g/mol. The van der Waals surface area contributed by atoms with Crippen LogP contribution in [-0.2, 0) is 4.79 Å². The fraction of sp³-hybridized carbons (Fsp3) is 0.571. The lowest BCUT2D eigenvalue weighted by Gasteiger charge is -2.30. The summed E-state index contributed by atoms with van der Waals surface area (Å²) >= 11 is 3.25. The second-order valence-electron chi connectivity index (χ2n) is 3.06. The van der Waals surface area contributed by atoms with Gasteiger partial charge in [-0.05, 0) is 0 Å². The van der Waals surface area contributed by atoms with Gasteiger partial charge in [-0.1, -0.05) is 15.9 Å². The highest BCUT2D eigenvalue weighted by Gasteiger charge is 2.34. The van der Waals surface area contributed by atoms with Crippen molar-refractivity contribution < 1.29 is 4.79 Å². The predicted molar refractivity (Wildman–Crippen MR) is 53.1 cm³/mol. The number of guanidine groups is 1. The Bertz CT molecular complexity index is 308. The molecule has 1 fully saturated rings. The zero-order valence-corrected chi connectivity index (χ0v) is 8.41. The molecule has 0 aromatic carbocycles. The van der Waals surface area contributed by atoms with E-state index in [4.69, 9.17) is 5.73 Å². The van der Waals surface area contributed by atoms with Crippen molar-refractivity contribution in [2.45, 2.75) is 4.83 Å². The highest BCUT2D eigenvalue weighted by atomic mass is 79.9. The molecule has 2 aliphatic heterocycles.